The van der Waals surface area contributed by atoms with E-state index in [0.29, 0.717) is 32.1 Å². The van der Waals surface area contributed by atoms with Crippen LogP contribution in [0.25, 0.3) is 22.3 Å². The molecule has 0 unspecified atom stereocenters. The summed E-state index contributed by atoms with van der Waals surface area (Å²) in [6.45, 7) is 2.79. The molecule has 0 bridgehead atoms. The average molecular weight is 758 g/mol. The van der Waals surface area contributed by atoms with E-state index in [2.05, 4.69) is 58.2 Å². The first kappa shape index (κ1) is 40.4. The first-order valence-corrected chi connectivity index (χ1v) is 19.0. The summed E-state index contributed by atoms with van der Waals surface area (Å²) in [5, 5.41) is 0. The predicted octanol–water partition coefficient (Wildman–Crippen LogP) is 11.6. The maximum absolute atomic E-state index is 11.2. The monoisotopic (exact) mass is 757 g/mol. The largest absolute Gasteiger partial charge is 0.494 e. The van der Waals surface area contributed by atoms with Gasteiger partial charge in [-0.25, -0.2) is 0 Å². The van der Waals surface area contributed by atoms with Gasteiger partial charge in [0.05, 0.1) is 26.7 Å². The molecule has 6 aromatic rings. The lowest BCUT2D eigenvalue weighted by Gasteiger charge is -2.16. The summed E-state index contributed by atoms with van der Waals surface area (Å²) in [6, 6.07) is 52.0. The number of ether oxygens (including phenoxy) is 5. The number of carbonyl (C=O) groups excluding carboxylic acids is 1. The number of esters is 1. The molecule has 0 atom stereocenters. The summed E-state index contributed by atoms with van der Waals surface area (Å²) in [5.74, 6) is 5.22. The van der Waals surface area contributed by atoms with E-state index in [1.54, 1.807) is 0 Å². The Labute approximate surface area is 330 Å². The Morgan fingerprint density at radius 1 is 0.491 bits per heavy atom. The van der Waals surface area contributed by atoms with Crippen LogP contribution in [0.3, 0.4) is 0 Å². The molecule has 0 radical (unpaired) electrons. The Bertz CT molecular complexity index is 1950. The molecule has 6 rings (SSSR count). The third kappa shape index (κ3) is 14.2. The molecule has 8 heteroatoms. The summed E-state index contributed by atoms with van der Waals surface area (Å²) >= 11 is 5.63. The minimum absolute atomic E-state index is 0.183. The number of benzene rings is 6. The van der Waals surface area contributed by atoms with Gasteiger partial charge in [0.1, 0.15) is 34.5 Å². The van der Waals surface area contributed by atoms with Crippen molar-refractivity contribution >= 4 is 17.6 Å². The van der Waals surface area contributed by atoms with Gasteiger partial charge in [-0.15, -0.1) is 11.6 Å². The van der Waals surface area contributed by atoms with Crippen molar-refractivity contribution in [3.05, 3.63) is 158 Å². The van der Waals surface area contributed by atoms with Crippen LogP contribution in [0.2, 0.25) is 0 Å². The Kier molecular flexibility index (Phi) is 16.5. The second-order valence-electron chi connectivity index (χ2n) is 12.7. The molecule has 0 amide bonds. The number of hydrogen-bond acceptors (Lipinski definition) is 7. The van der Waals surface area contributed by atoms with Gasteiger partial charge in [0.25, 0.3) is 0 Å². The van der Waals surface area contributed by atoms with Crippen LogP contribution in [0.4, 0.5) is 0 Å². The van der Waals surface area contributed by atoms with Crippen molar-refractivity contribution in [2.24, 2.45) is 0 Å². The lowest BCUT2D eigenvalue weighted by molar-refractivity contribution is -0.140. The fourth-order valence-corrected chi connectivity index (χ4v) is 5.55. The van der Waals surface area contributed by atoms with Crippen molar-refractivity contribution in [1.29, 1.82) is 0 Å². The number of methoxy groups -OCH3 is 1. The molecule has 0 heterocycles. The minimum Gasteiger partial charge on any atom is -0.494 e. The molecule has 6 aromatic carbocycles. The number of alkyl halides is 1. The van der Waals surface area contributed by atoms with Crippen molar-refractivity contribution < 1.29 is 28.5 Å². The van der Waals surface area contributed by atoms with Gasteiger partial charge in [0.2, 0.25) is 0 Å². The van der Waals surface area contributed by atoms with Crippen LogP contribution >= 0.6 is 11.6 Å². The van der Waals surface area contributed by atoms with Gasteiger partial charge in [-0.3, -0.25) is 4.79 Å². The van der Waals surface area contributed by atoms with Gasteiger partial charge >= 0.3 is 5.97 Å². The van der Waals surface area contributed by atoms with Crippen molar-refractivity contribution in [2.45, 2.75) is 19.3 Å². The standard InChI is InChI=1S/C26H29NO4.C21H19ClO2/c1-27(19-17-26(28)29-2)18-6-20-30-23-13-15-25(16-14-23)31-24-11-9-22(10-12-24)21-7-4-3-5-8-21;22-15-4-16-23-19-11-13-21(14-12-19)24-20-9-7-18(8-10-20)17-5-2-1-3-6-17/h3-5,7-16H,6,17-20H2,1-2H3;1-3,5-14H,4,15-16H2. The van der Waals surface area contributed by atoms with Crippen LogP contribution in [0.1, 0.15) is 19.3 Å². The smallest absolute Gasteiger partial charge is 0.306 e. The van der Waals surface area contributed by atoms with E-state index >= 15 is 0 Å². The van der Waals surface area contributed by atoms with Gasteiger partial charge in [-0.05, 0) is 115 Å². The lowest BCUT2D eigenvalue weighted by atomic mass is 10.1. The number of rotatable bonds is 18. The maximum Gasteiger partial charge on any atom is 0.306 e. The first-order valence-electron chi connectivity index (χ1n) is 18.4. The van der Waals surface area contributed by atoms with Crippen molar-refractivity contribution in [1.82, 2.24) is 4.90 Å². The molecule has 0 aromatic heterocycles. The van der Waals surface area contributed by atoms with Gasteiger partial charge < -0.3 is 28.6 Å². The van der Waals surface area contributed by atoms with Crippen LogP contribution in [0.5, 0.6) is 34.5 Å². The van der Waals surface area contributed by atoms with E-state index in [1.165, 1.54) is 23.8 Å². The molecule has 0 spiro atoms. The molecule has 0 saturated heterocycles. The highest BCUT2D eigenvalue weighted by Crippen LogP contribution is 2.28. The third-order valence-corrected chi connectivity index (χ3v) is 8.73. The van der Waals surface area contributed by atoms with E-state index in [4.69, 9.17) is 30.5 Å². The molecular formula is C47H48ClNO6. The molecule has 55 heavy (non-hydrogen) atoms. The molecule has 0 saturated carbocycles. The second-order valence-corrected chi connectivity index (χ2v) is 13.0. The predicted molar refractivity (Wildman–Crippen MR) is 222 cm³/mol. The molecule has 0 aliphatic carbocycles. The van der Waals surface area contributed by atoms with E-state index in [1.807, 2.05) is 116 Å². The molecule has 0 N–H and O–H groups in total. The van der Waals surface area contributed by atoms with E-state index < -0.39 is 0 Å². The lowest BCUT2D eigenvalue weighted by Crippen LogP contribution is -2.24. The quantitative estimate of drug-likeness (QED) is 0.0491. The first-order chi connectivity index (χ1) is 27.0. The highest BCUT2D eigenvalue weighted by Gasteiger charge is 2.06. The minimum atomic E-state index is -0.183. The maximum atomic E-state index is 11.2. The van der Waals surface area contributed by atoms with Crippen LogP contribution in [-0.4, -0.2) is 57.2 Å². The summed E-state index contributed by atoms with van der Waals surface area (Å²) in [7, 11) is 3.40. The van der Waals surface area contributed by atoms with Crippen LogP contribution in [0.15, 0.2) is 158 Å². The molecule has 0 aliphatic rings. The van der Waals surface area contributed by atoms with E-state index in [-0.39, 0.29) is 5.97 Å². The molecule has 7 nitrogen and oxygen atoms in total. The zero-order valence-electron chi connectivity index (χ0n) is 31.4. The number of halogens is 1. The van der Waals surface area contributed by atoms with Crippen molar-refractivity contribution in [3.63, 3.8) is 0 Å². The summed E-state index contributed by atoms with van der Waals surface area (Å²) in [5.41, 5.74) is 4.71. The molecule has 0 fully saturated rings. The summed E-state index contributed by atoms with van der Waals surface area (Å²) in [4.78, 5) is 13.3. The normalized spacial score (nSPS) is 10.5. The van der Waals surface area contributed by atoms with Gasteiger partial charge in [0, 0.05) is 19.0 Å². The zero-order valence-corrected chi connectivity index (χ0v) is 32.2. The number of hydrogen-bond donors (Lipinski definition) is 0. The van der Waals surface area contributed by atoms with Gasteiger partial charge in [-0.2, -0.15) is 0 Å². The van der Waals surface area contributed by atoms with Crippen molar-refractivity contribution in [3.8, 4) is 56.8 Å². The zero-order chi connectivity index (χ0) is 38.5. The Hall–Kier alpha value is -5.76. The highest BCUT2D eigenvalue weighted by molar-refractivity contribution is 6.17. The Morgan fingerprint density at radius 2 is 0.855 bits per heavy atom. The fraction of sp³-hybridized carbons (Fsp3) is 0.213. The van der Waals surface area contributed by atoms with Gasteiger partial charge in [0.15, 0.2) is 0 Å². The fourth-order valence-electron chi connectivity index (χ4n) is 5.44. The third-order valence-electron chi connectivity index (χ3n) is 8.47. The van der Waals surface area contributed by atoms with E-state index in [9.17, 15) is 4.79 Å². The molecule has 284 valence electrons. The van der Waals surface area contributed by atoms with Crippen LogP contribution in [-0.2, 0) is 9.53 Å². The molecule has 0 aliphatic heterocycles. The summed E-state index contributed by atoms with van der Waals surface area (Å²) < 4.78 is 27.8. The second kappa shape index (κ2) is 22.5. The van der Waals surface area contributed by atoms with Gasteiger partial charge in [-0.1, -0.05) is 84.9 Å². The summed E-state index contributed by atoms with van der Waals surface area (Å²) in [6.07, 6.45) is 2.13. The van der Waals surface area contributed by atoms with Crippen LogP contribution < -0.4 is 18.9 Å². The highest BCUT2D eigenvalue weighted by atomic mass is 35.5. The topological polar surface area (TPSA) is 66.5 Å². The Balaban J connectivity index is 0.000000218. The Morgan fingerprint density at radius 3 is 1.25 bits per heavy atom. The van der Waals surface area contributed by atoms with Crippen molar-refractivity contribution in [2.75, 3.05) is 46.3 Å². The van der Waals surface area contributed by atoms with E-state index in [0.717, 1.165) is 59.4 Å². The number of nitrogens with zero attached hydrogens (tertiary/aromatic N) is 1. The SMILES string of the molecule is COC(=O)CCN(C)CCCOc1ccc(Oc2ccc(-c3ccccc3)cc2)cc1.ClCCCOc1ccc(Oc2ccc(-c3ccccc3)cc2)cc1. The molecular weight excluding hydrogens is 710 g/mol. The van der Waals surface area contributed by atoms with Crippen LogP contribution in [0, 0.1) is 0 Å². The number of carbonyl (C=O) groups is 1. The average Bonchev–Trinajstić information content (AvgIpc) is 3.24.